The zero-order valence-corrected chi connectivity index (χ0v) is 12.7. The minimum Gasteiger partial charge on any atom is -0.508 e. The smallest absolute Gasteiger partial charge is 0.131 e. The van der Waals surface area contributed by atoms with Crippen LogP contribution in [0.1, 0.15) is 0 Å². The molecule has 0 amide bonds. The van der Waals surface area contributed by atoms with Crippen LogP contribution < -0.4 is 9.83 Å². The largest absolute Gasteiger partial charge is 0.508 e. The average Bonchev–Trinajstić information content (AvgIpc) is 2.58. The molecule has 0 saturated heterocycles. The minimum atomic E-state index is 0.169. The maximum atomic E-state index is 8.65. The van der Waals surface area contributed by atoms with E-state index in [1.165, 1.54) is 40.7 Å². The number of para-hydroxylation sites is 1. The van der Waals surface area contributed by atoms with E-state index in [1.807, 2.05) is 18.2 Å². The Morgan fingerprint density at radius 1 is 0.636 bits per heavy atom. The Morgan fingerprint density at radius 3 is 1.86 bits per heavy atom. The first-order valence-corrected chi connectivity index (χ1v) is 7.74. The number of rotatable bonds is 0. The summed E-state index contributed by atoms with van der Waals surface area (Å²) in [6.07, 6.45) is 0. The first kappa shape index (κ1) is 14.4. The maximum absolute atomic E-state index is 8.65. The van der Waals surface area contributed by atoms with E-state index < -0.39 is 0 Å². The molecule has 1 heterocycles. The van der Waals surface area contributed by atoms with Crippen LogP contribution in [0.15, 0.2) is 72.8 Å². The molecule has 4 rings (SSSR count). The number of hydrogen-bond acceptors (Lipinski definition) is 3. The van der Waals surface area contributed by atoms with Gasteiger partial charge in [-0.05, 0) is 35.9 Å². The van der Waals surface area contributed by atoms with Crippen LogP contribution in [-0.4, -0.2) is 10.2 Å². The monoisotopic (exact) mass is 310 g/mol. The van der Waals surface area contributed by atoms with Crippen molar-refractivity contribution in [2.24, 2.45) is 0 Å². The van der Waals surface area contributed by atoms with Gasteiger partial charge in [-0.2, -0.15) is 0 Å². The molecule has 1 aliphatic rings. The Morgan fingerprint density at radius 2 is 1.18 bits per heavy atom. The first-order chi connectivity index (χ1) is 10.7. The molecule has 3 aromatic rings. The molecular formula is C18H15O3P. The summed E-state index contributed by atoms with van der Waals surface area (Å²) in [5.74, 6) is 1.34. The van der Waals surface area contributed by atoms with Gasteiger partial charge in [0.1, 0.15) is 26.1 Å². The van der Waals surface area contributed by atoms with Crippen molar-refractivity contribution in [2.45, 2.75) is 0 Å². The predicted octanol–water partition coefficient (Wildman–Crippen LogP) is 4.06. The van der Waals surface area contributed by atoms with Gasteiger partial charge in [0, 0.05) is 10.9 Å². The number of benzene rings is 3. The molecule has 0 fully saturated rings. The summed E-state index contributed by atoms with van der Waals surface area (Å²) in [5.41, 5.74) is 2.52. The quantitative estimate of drug-likeness (QED) is 0.486. The summed E-state index contributed by atoms with van der Waals surface area (Å²) in [4.78, 5) is 0. The van der Waals surface area contributed by atoms with Crippen LogP contribution in [-0.2, 0) is 0 Å². The molecular weight excluding hydrogens is 295 g/mol. The highest BCUT2D eigenvalue weighted by Crippen LogP contribution is 2.38. The van der Waals surface area contributed by atoms with Crippen molar-refractivity contribution < 1.29 is 14.7 Å². The lowest BCUT2D eigenvalue weighted by molar-refractivity contribution is 0.460. The summed E-state index contributed by atoms with van der Waals surface area (Å²) in [5, 5.41) is 18.6. The van der Waals surface area contributed by atoms with Crippen LogP contribution >= 0.6 is 8.81 Å². The van der Waals surface area contributed by atoms with Crippen molar-refractivity contribution in [1.29, 1.82) is 0 Å². The van der Waals surface area contributed by atoms with Crippen molar-refractivity contribution in [2.75, 3.05) is 0 Å². The van der Waals surface area contributed by atoms with Gasteiger partial charge in [-0.1, -0.05) is 42.5 Å². The van der Waals surface area contributed by atoms with Crippen molar-refractivity contribution in [3.05, 3.63) is 72.8 Å². The van der Waals surface area contributed by atoms with E-state index in [1.54, 1.807) is 0 Å². The van der Waals surface area contributed by atoms with Crippen molar-refractivity contribution in [1.82, 2.24) is 0 Å². The highest BCUT2D eigenvalue weighted by Gasteiger charge is 2.15. The van der Waals surface area contributed by atoms with Crippen LogP contribution in [0.5, 0.6) is 17.2 Å². The summed E-state index contributed by atoms with van der Waals surface area (Å²) in [6, 6.07) is 22.3. The molecule has 3 aromatic carbocycles. The number of aromatic hydroxyl groups is 2. The molecule has 0 spiro atoms. The van der Waals surface area contributed by atoms with Gasteiger partial charge in [-0.3, -0.25) is 0 Å². The molecule has 2 N–H and O–H groups in total. The third-order valence-corrected chi connectivity index (χ3v) is 4.20. The van der Waals surface area contributed by atoms with Gasteiger partial charge in [0.05, 0.1) is 0 Å². The highest BCUT2D eigenvalue weighted by molar-refractivity contribution is 7.43. The van der Waals surface area contributed by atoms with Crippen LogP contribution in [0, 0.1) is 0 Å². The van der Waals surface area contributed by atoms with Gasteiger partial charge in [0.2, 0.25) is 0 Å². The van der Waals surface area contributed by atoms with Gasteiger partial charge in [-0.25, -0.2) is 0 Å². The lowest BCUT2D eigenvalue weighted by Crippen LogP contribution is -2.06. The maximum Gasteiger partial charge on any atom is 0.131 e. The topological polar surface area (TPSA) is 49.7 Å². The van der Waals surface area contributed by atoms with Crippen molar-refractivity contribution in [3.8, 4) is 28.4 Å². The van der Waals surface area contributed by atoms with Gasteiger partial charge in [-0.15, -0.1) is 0 Å². The number of fused-ring (bicyclic) bond motifs is 3. The van der Waals surface area contributed by atoms with Crippen LogP contribution in [0.2, 0.25) is 0 Å². The number of phenolic OH excluding ortho intramolecular Hbond substituents is 2. The van der Waals surface area contributed by atoms with Crippen LogP contribution in [0.4, 0.5) is 0 Å². The van der Waals surface area contributed by atoms with Gasteiger partial charge < -0.3 is 14.7 Å². The standard InChI is InChI=1S/C12H9OP.C6H6O2/c1-3-7-11-9(5-1)10-6-2-4-8-12(10)14-13-11;7-5-1-2-6(8)4-3-5/h1-8,14H;1-4,7-8H. The van der Waals surface area contributed by atoms with Gasteiger partial charge >= 0.3 is 0 Å². The molecule has 3 nitrogen and oxygen atoms in total. The minimum absolute atomic E-state index is 0.169. The Labute approximate surface area is 130 Å². The van der Waals surface area contributed by atoms with Gasteiger partial charge in [0.15, 0.2) is 0 Å². The molecule has 4 heteroatoms. The number of phenols is 2. The summed E-state index contributed by atoms with van der Waals surface area (Å²) in [6.45, 7) is 0. The van der Waals surface area contributed by atoms with E-state index in [9.17, 15) is 0 Å². The lowest BCUT2D eigenvalue weighted by atomic mass is 10.0. The highest BCUT2D eigenvalue weighted by atomic mass is 31.1. The SMILES string of the molecule is Oc1ccc(O)cc1.c1ccc2c(c1)OPc1ccccc1-2. The Hall–Kier alpha value is -2.51. The molecule has 110 valence electrons. The Balaban J connectivity index is 0.000000154. The van der Waals surface area contributed by atoms with E-state index in [2.05, 4.69) is 30.3 Å². The van der Waals surface area contributed by atoms with E-state index in [0.717, 1.165) is 5.75 Å². The van der Waals surface area contributed by atoms with E-state index in [0.29, 0.717) is 8.81 Å². The second kappa shape index (κ2) is 6.50. The first-order valence-electron chi connectivity index (χ1n) is 6.83. The van der Waals surface area contributed by atoms with E-state index >= 15 is 0 Å². The normalized spacial score (nSPS) is 12.4. The third-order valence-electron chi connectivity index (χ3n) is 3.22. The Kier molecular flexibility index (Phi) is 4.27. The van der Waals surface area contributed by atoms with Crippen LogP contribution in [0.25, 0.3) is 11.1 Å². The van der Waals surface area contributed by atoms with Crippen molar-refractivity contribution in [3.63, 3.8) is 0 Å². The Bertz CT molecular complexity index is 703. The molecule has 0 aliphatic carbocycles. The zero-order valence-electron chi connectivity index (χ0n) is 11.7. The van der Waals surface area contributed by atoms with E-state index in [4.69, 9.17) is 14.7 Å². The summed E-state index contributed by atoms with van der Waals surface area (Å²) in [7, 11) is 0.440. The summed E-state index contributed by atoms with van der Waals surface area (Å²) >= 11 is 0. The molecule has 1 aliphatic heterocycles. The van der Waals surface area contributed by atoms with Crippen LogP contribution in [0.3, 0.4) is 0 Å². The predicted molar refractivity (Wildman–Crippen MR) is 90.2 cm³/mol. The molecule has 1 atom stereocenters. The van der Waals surface area contributed by atoms with Gasteiger partial charge in [0.25, 0.3) is 0 Å². The molecule has 0 radical (unpaired) electrons. The molecule has 0 bridgehead atoms. The third kappa shape index (κ3) is 3.21. The number of hydrogen-bond donors (Lipinski definition) is 2. The molecule has 0 aromatic heterocycles. The fourth-order valence-corrected chi connectivity index (χ4v) is 3.04. The second-order valence-electron chi connectivity index (χ2n) is 4.76. The fraction of sp³-hybridized carbons (Fsp3) is 0. The second-order valence-corrected chi connectivity index (χ2v) is 5.71. The van der Waals surface area contributed by atoms with E-state index in [-0.39, 0.29) is 11.5 Å². The lowest BCUT2D eigenvalue weighted by Gasteiger charge is -2.19. The molecule has 0 saturated carbocycles. The molecule has 1 unspecified atom stereocenters. The van der Waals surface area contributed by atoms with Crippen molar-refractivity contribution >= 4 is 14.1 Å². The fourth-order valence-electron chi connectivity index (χ4n) is 2.15. The summed E-state index contributed by atoms with van der Waals surface area (Å²) < 4.78 is 5.68. The molecule has 22 heavy (non-hydrogen) atoms. The average molecular weight is 310 g/mol. The zero-order chi connectivity index (χ0) is 15.4.